The van der Waals surface area contributed by atoms with E-state index in [1.165, 1.54) is 33.3 Å². The summed E-state index contributed by atoms with van der Waals surface area (Å²) in [6, 6.07) is 13.1. The van der Waals surface area contributed by atoms with E-state index in [0.717, 1.165) is 37.2 Å². The Morgan fingerprint density at radius 2 is 1.88 bits per heavy atom. The minimum atomic E-state index is 0.321. The molecule has 0 spiro atoms. The summed E-state index contributed by atoms with van der Waals surface area (Å²) in [5.74, 6) is 1.69. The molecule has 1 unspecified atom stereocenters. The summed E-state index contributed by atoms with van der Waals surface area (Å²) in [6.07, 6.45) is 4.44. The fourth-order valence-electron chi connectivity index (χ4n) is 4.39. The largest absolute Gasteiger partial charge is 0.454 e. The zero-order valence-electron chi connectivity index (χ0n) is 15.2. The van der Waals surface area contributed by atoms with Crippen molar-refractivity contribution < 1.29 is 14.2 Å². The van der Waals surface area contributed by atoms with Gasteiger partial charge in [0.05, 0.1) is 6.10 Å². The molecule has 3 aromatic rings. The number of methoxy groups -OCH3 is 1. The Labute approximate surface area is 153 Å². The van der Waals surface area contributed by atoms with Crippen LogP contribution in [0.2, 0.25) is 0 Å². The molecule has 2 aromatic carbocycles. The summed E-state index contributed by atoms with van der Waals surface area (Å²) in [5, 5.41) is 1.38. The molecule has 1 aliphatic heterocycles. The van der Waals surface area contributed by atoms with Gasteiger partial charge in [0.2, 0.25) is 6.79 Å². The van der Waals surface area contributed by atoms with E-state index >= 15 is 0 Å². The smallest absolute Gasteiger partial charge is 0.231 e. The normalized spacial score (nSPS) is 18.3. The van der Waals surface area contributed by atoms with Crippen LogP contribution in [0.25, 0.3) is 10.9 Å². The second-order valence-corrected chi connectivity index (χ2v) is 7.30. The third-order valence-corrected chi connectivity index (χ3v) is 5.81. The van der Waals surface area contributed by atoms with E-state index < -0.39 is 0 Å². The van der Waals surface area contributed by atoms with Gasteiger partial charge in [0, 0.05) is 37.2 Å². The Balaban J connectivity index is 1.51. The van der Waals surface area contributed by atoms with Crippen molar-refractivity contribution in [3.63, 3.8) is 0 Å². The molecule has 1 aromatic heterocycles. The van der Waals surface area contributed by atoms with Crippen molar-refractivity contribution in [2.75, 3.05) is 13.9 Å². The summed E-state index contributed by atoms with van der Waals surface area (Å²) >= 11 is 0. The Morgan fingerprint density at radius 1 is 1.08 bits per heavy atom. The number of aryl methyl sites for hydroxylation is 1. The van der Waals surface area contributed by atoms with Crippen molar-refractivity contribution in [3.05, 3.63) is 58.8 Å². The minimum absolute atomic E-state index is 0.321. The van der Waals surface area contributed by atoms with Crippen molar-refractivity contribution in [1.82, 2.24) is 4.57 Å². The van der Waals surface area contributed by atoms with Gasteiger partial charge in [-0.15, -0.1) is 0 Å². The number of rotatable bonds is 3. The number of aromatic nitrogens is 1. The van der Waals surface area contributed by atoms with Crippen LogP contribution in [-0.4, -0.2) is 24.6 Å². The zero-order chi connectivity index (χ0) is 17.7. The maximum Gasteiger partial charge on any atom is 0.231 e. The first kappa shape index (κ1) is 15.8. The SMILES string of the molecule is COC1CCc2c(c3cc(Cc4ccc5c(c4)OCO5)ccc3n2C)C1. The lowest BCUT2D eigenvalue weighted by Crippen LogP contribution is -2.21. The molecular formula is C22H23NO3. The number of fused-ring (bicyclic) bond motifs is 4. The highest BCUT2D eigenvalue weighted by molar-refractivity contribution is 5.86. The molecule has 0 bridgehead atoms. The van der Waals surface area contributed by atoms with Crippen molar-refractivity contribution in [2.45, 2.75) is 31.8 Å². The van der Waals surface area contributed by atoms with Gasteiger partial charge in [0.15, 0.2) is 11.5 Å². The molecule has 0 N–H and O–H groups in total. The maximum atomic E-state index is 5.64. The van der Waals surface area contributed by atoms with E-state index in [4.69, 9.17) is 14.2 Å². The average Bonchev–Trinajstić information content (AvgIpc) is 3.24. The highest BCUT2D eigenvalue weighted by Gasteiger charge is 2.24. The van der Waals surface area contributed by atoms with Gasteiger partial charge in [-0.3, -0.25) is 0 Å². The zero-order valence-corrected chi connectivity index (χ0v) is 15.2. The molecule has 134 valence electrons. The maximum absolute atomic E-state index is 5.64. The molecule has 0 amide bonds. The van der Waals surface area contributed by atoms with Crippen molar-refractivity contribution in [3.8, 4) is 11.5 Å². The number of benzene rings is 2. The molecule has 26 heavy (non-hydrogen) atoms. The number of ether oxygens (including phenoxy) is 3. The van der Waals surface area contributed by atoms with Crippen LogP contribution in [0, 0.1) is 0 Å². The van der Waals surface area contributed by atoms with E-state index in [9.17, 15) is 0 Å². The predicted octanol–water partition coefficient (Wildman–Crippen LogP) is 4.00. The van der Waals surface area contributed by atoms with Crippen LogP contribution in [0.4, 0.5) is 0 Å². The van der Waals surface area contributed by atoms with E-state index in [0.29, 0.717) is 12.9 Å². The molecule has 2 heterocycles. The highest BCUT2D eigenvalue weighted by Crippen LogP contribution is 2.35. The monoisotopic (exact) mass is 349 g/mol. The first-order valence-corrected chi connectivity index (χ1v) is 9.23. The molecule has 1 atom stereocenters. The molecule has 0 saturated heterocycles. The number of hydrogen-bond acceptors (Lipinski definition) is 3. The van der Waals surface area contributed by atoms with Crippen molar-refractivity contribution >= 4 is 10.9 Å². The highest BCUT2D eigenvalue weighted by atomic mass is 16.7. The number of nitrogens with zero attached hydrogens (tertiary/aromatic N) is 1. The lowest BCUT2D eigenvalue weighted by molar-refractivity contribution is 0.0908. The van der Waals surface area contributed by atoms with Gasteiger partial charge >= 0.3 is 0 Å². The van der Waals surface area contributed by atoms with Crippen LogP contribution >= 0.6 is 0 Å². The topological polar surface area (TPSA) is 32.6 Å². The molecule has 0 fully saturated rings. The van der Waals surface area contributed by atoms with Crippen LogP contribution < -0.4 is 9.47 Å². The lowest BCUT2D eigenvalue weighted by Gasteiger charge is -2.22. The van der Waals surface area contributed by atoms with E-state index in [1.54, 1.807) is 0 Å². The molecule has 0 radical (unpaired) electrons. The van der Waals surface area contributed by atoms with Gasteiger partial charge in [0.25, 0.3) is 0 Å². The summed E-state index contributed by atoms with van der Waals surface area (Å²) in [4.78, 5) is 0. The predicted molar refractivity (Wildman–Crippen MR) is 101 cm³/mol. The van der Waals surface area contributed by atoms with E-state index in [1.807, 2.05) is 13.2 Å². The van der Waals surface area contributed by atoms with Gasteiger partial charge in [-0.1, -0.05) is 12.1 Å². The summed E-state index contributed by atoms with van der Waals surface area (Å²) in [7, 11) is 4.01. The molecule has 0 saturated carbocycles. The van der Waals surface area contributed by atoms with Gasteiger partial charge < -0.3 is 18.8 Å². The lowest BCUT2D eigenvalue weighted by atomic mass is 9.92. The van der Waals surface area contributed by atoms with Gasteiger partial charge in [-0.05, 0) is 60.2 Å². The Morgan fingerprint density at radius 3 is 2.77 bits per heavy atom. The van der Waals surface area contributed by atoms with Crippen LogP contribution in [0.3, 0.4) is 0 Å². The quantitative estimate of drug-likeness (QED) is 0.716. The van der Waals surface area contributed by atoms with Crippen LogP contribution in [0.15, 0.2) is 36.4 Å². The summed E-state index contributed by atoms with van der Waals surface area (Å²) < 4.78 is 18.9. The van der Waals surface area contributed by atoms with Crippen LogP contribution in [-0.2, 0) is 31.0 Å². The summed E-state index contributed by atoms with van der Waals surface area (Å²) in [6.45, 7) is 0.321. The molecule has 2 aliphatic rings. The minimum Gasteiger partial charge on any atom is -0.454 e. The Hall–Kier alpha value is -2.46. The molecule has 4 nitrogen and oxygen atoms in total. The third kappa shape index (κ3) is 2.48. The fourth-order valence-corrected chi connectivity index (χ4v) is 4.39. The van der Waals surface area contributed by atoms with Gasteiger partial charge in [0.1, 0.15) is 0 Å². The first-order chi connectivity index (χ1) is 12.7. The van der Waals surface area contributed by atoms with E-state index in [2.05, 4.69) is 41.9 Å². The third-order valence-electron chi connectivity index (χ3n) is 5.81. The van der Waals surface area contributed by atoms with Gasteiger partial charge in [-0.25, -0.2) is 0 Å². The first-order valence-electron chi connectivity index (χ1n) is 9.23. The second-order valence-electron chi connectivity index (χ2n) is 7.30. The number of hydrogen-bond donors (Lipinski definition) is 0. The summed E-state index contributed by atoms with van der Waals surface area (Å²) in [5.41, 5.74) is 6.82. The Kier molecular flexibility index (Phi) is 3.68. The van der Waals surface area contributed by atoms with Crippen molar-refractivity contribution in [2.24, 2.45) is 7.05 Å². The Bertz CT molecular complexity index is 989. The van der Waals surface area contributed by atoms with Crippen molar-refractivity contribution in [1.29, 1.82) is 0 Å². The van der Waals surface area contributed by atoms with Crippen LogP contribution in [0.5, 0.6) is 11.5 Å². The average molecular weight is 349 g/mol. The van der Waals surface area contributed by atoms with Crippen LogP contribution in [0.1, 0.15) is 28.8 Å². The molecule has 5 rings (SSSR count). The molecule has 4 heteroatoms. The second kappa shape index (κ2) is 6.06. The fraction of sp³-hybridized carbons (Fsp3) is 0.364. The molecule has 1 aliphatic carbocycles. The van der Waals surface area contributed by atoms with Gasteiger partial charge in [-0.2, -0.15) is 0 Å². The standard InChI is InChI=1S/C22H23NO3/c1-23-19-6-3-14(9-15-4-8-21-22(11-15)26-13-25-21)10-17(19)18-12-16(24-2)5-7-20(18)23/h3-4,6,8,10-11,16H,5,7,9,12-13H2,1-2H3. The van der Waals surface area contributed by atoms with E-state index in [-0.39, 0.29) is 0 Å². The molecular weight excluding hydrogens is 326 g/mol.